The summed E-state index contributed by atoms with van der Waals surface area (Å²) in [6, 6.07) is 17.3. The van der Waals surface area contributed by atoms with Crippen molar-refractivity contribution in [3.8, 4) is 5.75 Å². The molecule has 4 nitrogen and oxygen atoms in total. The number of aryl methyl sites for hydroxylation is 2. The van der Waals surface area contributed by atoms with Crippen LogP contribution >= 0.6 is 0 Å². The normalized spacial score (nSPS) is 10.8. The molecule has 0 aliphatic carbocycles. The zero-order valence-corrected chi connectivity index (χ0v) is 14.3. The maximum atomic E-state index is 12.3. The molecule has 0 fully saturated rings. The van der Waals surface area contributed by atoms with Crippen LogP contribution in [0.15, 0.2) is 54.6 Å². The Balaban J connectivity index is 1.55. The Bertz CT molecular complexity index is 876. The molecule has 0 saturated heterocycles. The van der Waals surface area contributed by atoms with Crippen molar-refractivity contribution in [1.29, 1.82) is 0 Å². The molecule has 1 heterocycles. The number of nitrogens with zero attached hydrogens (tertiary/aromatic N) is 1. The van der Waals surface area contributed by atoms with Gasteiger partial charge in [-0.25, -0.2) is 0 Å². The van der Waals surface area contributed by atoms with E-state index in [0.717, 1.165) is 25.0 Å². The second-order valence-electron chi connectivity index (χ2n) is 6.18. The maximum absolute atomic E-state index is 12.3. The molecule has 0 saturated carbocycles. The maximum Gasteiger partial charge on any atom is 0.255 e. The van der Waals surface area contributed by atoms with E-state index < -0.39 is 0 Å². The number of benzene rings is 2. The Morgan fingerprint density at radius 1 is 1.04 bits per heavy atom. The molecule has 0 spiro atoms. The fourth-order valence-electron chi connectivity index (χ4n) is 2.87. The summed E-state index contributed by atoms with van der Waals surface area (Å²) in [6.07, 6.45) is 2.91. The van der Waals surface area contributed by atoms with Crippen LogP contribution in [0.4, 0.5) is 0 Å². The number of hydrogen-bond donors (Lipinski definition) is 2. The van der Waals surface area contributed by atoms with Gasteiger partial charge in [0.2, 0.25) is 0 Å². The van der Waals surface area contributed by atoms with Crippen LogP contribution in [0.5, 0.6) is 5.75 Å². The molecule has 0 unspecified atom stereocenters. The van der Waals surface area contributed by atoms with Crippen molar-refractivity contribution in [3.63, 3.8) is 0 Å². The van der Waals surface area contributed by atoms with Crippen LogP contribution in [0.1, 0.15) is 34.5 Å². The number of unbranched alkanes of at least 4 members (excludes halogenated alkanes) is 1. The van der Waals surface area contributed by atoms with Gasteiger partial charge in [-0.2, -0.15) is 0 Å². The molecule has 25 heavy (non-hydrogen) atoms. The Morgan fingerprint density at radius 3 is 2.64 bits per heavy atom. The minimum absolute atomic E-state index is 0.00761. The van der Waals surface area contributed by atoms with Gasteiger partial charge in [-0.15, -0.1) is 0 Å². The van der Waals surface area contributed by atoms with E-state index >= 15 is 0 Å². The average Bonchev–Trinajstić information content (AvgIpc) is 2.62. The summed E-state index contributed by atoms with van der Waals surface area (Å²) in [4.78, 5) is 16.7. The summed E-state index contributed by atoms with van der Waals surface area (Å²) in [5, 5.41) is 13.8. The third-order valence-corrected chi connectivity index (χ3v) is 4.25. The molecule has 0 atom stereocenters. The number of fused-ring (bicyclic) bond motifs is 1. The van der Waals surface area contributed by atoms with Crippen molar-refractivity contribution in [3.05, 3.63) is 71.4 Å². The van der Waals surface area contributed by atoms with Gasteiger partial charge in [-0.05, 0) is 56.0 Å². The molecular formula is C21H22N2O2. The van der Waals surface area contributed by atoms with Gasteiger partial charge in [0.05, 0.1) is 11.1 Å². The largest absolute Gasteiger partial charge is 0.506 e. The van der Waals surface area contributed by atoms with Crippen molar-refractivity contribution in [1.82, 2.24) is 10.3 Å². The molecule has 1 aromatic heterocycles. The van der Waals surface area contributed by atoms with Crippen LogP contribution in [0.3, 0.4) is 0 Å². The monoisotopic (exact) mass is 334 g/mol. The minimum Gasteiger partial charge on any atom is -0.506 e. The number of aromatic nitrogens is 1. The van der Waals surface area contributed by atoms with Gasteiger partial charge in [0.25, 0.3) is 5.91 Å². The Hall–Kier alpha value is -2.88. The van der Waals surface area contributed by atoms with E-state index in [-0.39, 0.29) is 11.7 Å². The second-order valence-corrected chi connectivity index (χ2v) is 6.18. The van der Waals surface area contributed by atoms with E-state index in [2.05, 4.69) is 22.4 Å². The highest BCUT2D eigenvalue weighted by molar-refractivity contribution is 6.02. The lowest BCUT2D eigenvalue weighted by Crippen LogP contribution is -2.24. The first-order valence-electron chi connectivity index (χ1n) is 8.56. The average molecular weight is 334 g/mol. The predicted octanol–water partition coefficient (Wildman–Crippen LogP) is 4.00. The van der Waals surface area contributed by atoms with Crippen molar-refractivity contribution < 1.29 is 9.90 Å². The lowest BCUT2D eigenvalue weighted by Gasteiger charge is -2.09. The highest BCUT2D eigenvalue weighted by atomic mass is 16.3. The van der Waals surface area contributed by atoms with Crippen LogP contribution in [-0.2, 0) is 6.42 Å². The standard InChI is InChI=1S/C21H22N2O2/c1-15-10-11-17-19(23-15)13-12-18(20(17)24)21(25)22-14-6-5-9-16-7-3-2-4-8-16/h2-4,7-8,10-13,24H,5-6,9,14H2,1H3,(H,22,25). The summed E-state index contributed by atoms with van der Waals surface area (Å²) in [7, 11) is 0. The Labute approximate surface area is 147 Å². The first-order valence-corrected chi connectivity index (χ1v) is 8.56. The minimum atomic E-state index is -0.250. The van der Waals surface area contributed by atoms with Gasteiger partial charge < -0.3 is 10.4 Å². The van der Waals surface area contributed by atoms with Gasteiger partial charge in [-0.1, -0.05) is 30.3 Å². The van der Waals surface area contributed by atoms with Gasteiger partial charge in [0.1, 0.15) is 5.75 Å². The zero-order valence-electron chi connectivity index (χ0n) is 14.3. The summed E-state index contributed by atoms with van der Waals surface area (Å²) >= 11 is 0. The molecule has 3 rings (SSSR count). The summed E-state index contributed by atoms with van der Waals surface area (Å²) < 4.78 is 0. The molecule has 0 bridgehead atoms. The zero-order chi connectivity index (χ0) is 17.6. The molecule has 2 N–H and O–H groups in total. The van der Waals surface area contributed by atoms with Crippen LogP contribution in [0.2, 0.25) is 0 Å². The molecule has 4 heteroatoms. The van der Waals surface area contributed by atoms with Crippen molar-refractivity contribution in [2.24, 2.45) is 0 Å². The van der Waals surface area contributed by atoms with Crippen LogP contribution < -0.4 is 5.32 Å². The smallest absolute Gasteiger partial charge is 0.255 e. The number of pyridine rings is 1. The molecule has 0 aliphatic heterocycles. The van der Waals surface area contributed by atoms with E-state index in [1.165, 1.54) is 5.56 Å². The van der Waals surface area contributed by atoms with E-state index in [9.17, 15) is 9.90 Å². The van der Waals surface area contributed by atoms with Crippen molar-refractivity contribution in [2.75, 3.05) is 6.54 Å². The Kier molecular flexibility index (Phi) is 5.29. The number of amides is 1. The summed E-state index contributed by atoms with van der Waals surface area (Å²) in [5.41, 5.74) is 3.17. The van der Waals surface area contributed by atoms with E-state index in [4.69, 9.17) is 0 Å². The predicted molar refractivity (Wildman–Crippen MR) is 99.9 cm³/mol. The number of phenols is 1. The number of hydrogen-bond acceptors (Lipinski definition) is 3. The van der Waals surface area contributed by atoms with Crippen LogP contribution in [0, 0.1) is 6.92 Å². The SMILES string of the molecule is Cc1ccc2c(O)c(C(=O)NCCCCc3ccccc3)ccc2n1. The molecule has 128 valence electrons. The number of nitrogens with one attached hydrogen (secondary N) is 1. The summed E-state index contributed by atoms with van der Waals surface area (Å²) in [6.45, 7) is 2.49. The highest BCUT2D eigenvalue weighted by Gasteiger charge is 2.13. The van der Waals surface area contributed by atoms with E-state index in [0.29, 0.717) is 23.0 Å². The second kappa shape index (κ2) is 7.79. The number of phenolic OH excluding ortho intramolecular Hbond substituents is 1. The molecule has 1 amide bonds. The van der Waals surface area contributed by atoms with Crippen molar-refractivity contribution >= 4 is 16.8 Å². The highest BCUT2D eigenvalue weighted by Crippen LogP contribution is 2.27. The van der Waals surface area contributed by atoms with Crippen LogP contribution in [0.25, 0.3) is 10.9 Å². The van der Waals surface area contributed by atoms with Gasteiger partial charge in [0.15, 0.2) is 0 Å². The fourth-order valence-corrected chi connectivity index (χ4v) is 2.87. The molecule has 0 aliphatic rings. The topological polar surface area (TPSA) is 62.2 Å². The number of carbonyl (C=O) groups excluding carboxylic acids is 1. The number of aromatic hydroxyl groups is 1. The first-order chi connectivity index (χ1) is 12.1. The Morgan fingerprint density at radius 2 is 1.84 bits per heavy atom. The van der Waals surface area contributed by atoms with E-state index in [1.807, 2.05) is 31.2 Å². The first kappa shape index (κ1) is 17.0. The molecule has 3 aromatic rings. The van der Waals surface area contributed by atoms with E-state index in [1.54, 1.807) is 18.2 Å². The van der Waals surface area contributed by atoms with Gasteiger partial charge in [-0.3, -0.25) is 9.78 Å². The molecule has 0 radical (unpaired) electrons. The summed E-state index contributed by atoms with van der Waals surface area (Å²) in [5.74, 6) is -0.258. The third kappa shape index (κ3) is 4.15. The quantitative estimate of drug-likeness (QED) is 0.670. The van der Waals surface area contributed by atoms with Crippen LogP contribution in [-0.4, -0.2) is 22.5 Å². The van der Waals surface area contributed by atoms with Gasteiger partial charge >= 0.3 is 0 Å². The fraction of sp³-hybridized carbons (Fsp3) is 0.238. The third-order valence-electron chi connectivity index (χ3n) is 4.25. The molecular weight excluding hydrogens is 312 g/mol. The lowest BCUT2D eigenvalue weighted by molar-refractivity contribution is 0.0950. The van der Waals surface area contributed by atoms with Crippen molar-refractivity contribution in [2.45, 2.75) is 26.2 Å². The lowest BCUT2D eigenvalue weighted by atomic mass is 10.1. The number of carbonyl (C=O) groups is 1. The van der Waals surface area contributed by atoms with Gasteiger partial charge in [0, 0.05) is 17.6 Å². The number of rotatable bonds is 6. The molecule has 2 aromatic carbocycles.